The number of rotatable bonds is 8. The van der Waals surface area contributed by atoms with Crippen molar-refractivity contribution in [3.05, 3.63) is 66.4 Å². The largest absolute Gasteiger partial charge is 0.497 e. The van der Waals surface area contributed by atoms with Gasteiger partial charge in [0, 0.05) is 31.5 Å². The maximum atomic E-state index is 12.7. The molecule has 3 aromatic rings. The number of hydrogen-bond acceptors (Lipinski definition) is 5. The highest BCUT2D eigenvalue weighted by molar-refractivity contribution is 6.01. The number of hydrogen-bond donors (Lipinski definition) is 1. The first-order chi connectivity index (χ1) is 15.6. The summed E-state index contributed by atoms with van der Waals surface area (Å²) >= 11 is 0. The molecule has 8 nitrogen and oxygen atoms in total. The van der Waals surface area contributed by atoms with E-state index in [1.54, 1.807) is 17.9 Å². The highest BCUT2D eigenvalue weighted by Gasteiger charge is 2.28. The van der Waals surface area contributed by atoms with E-state index in [4.69, 9.17) is 4.74 Å². The number of imide groups is 1. The van der Waals surface area contributed by atoms with Crippen LogP contribution in [-0.4, -0.2) is 52.6 Å². The van der Waals surface area contributed by atoms with Crippen LogP contribution in [0.15, 0.2) is 60.7 Å². The van der Waals surface area contributed by atoms with Crippen molar-refractivity contribution in [3.8, 4) is 22.7 Å². The van der Waals surface area contributed by atoms with Crippen LogP contribution in [-0.2, 0) is 9.59 Å². The Morgan fingerprint density at radius 2 is 1.72 bits per heavy atom. The number of nitrogens with zero attached hydrogens (tertiary/aromatic N) is 3. The second-order valence-electron chi connectivity index (χ2n) is 7.44. The Labute approximate surface area is 185 Å². The van der Waals surface area contributed by atoms with E-state index in [2.05, 4.69) is 10.4 Å². The minimum Gasteiger partial charge on any atom is -0.497 e. The summed E-state index contributed by atoms with van der Waals surface area (Å²) in [7, 11) is 1.61. The van der Waals surface area contributed by atoms with Crippen LogP contribution >= 0.6 is 0 Å². The summed E-state index contributed by atoms with van der Waals surface area (Å²) in [5.41, 5.74) is 2.79. The number of para-hydroxylation sites is 1. The van der Waals surface area contributed by atoms with Crippen LogP contribution in [0.3, 0.4) is 0 Å². The lowest BCUT2D eigenvalue weighted by molar-refractivity contribution is -0.138. The number of carbonyl (C=O) groups is 3. The molecule has 1 fully saturated rings. The standard InChI is InChI=1S/C24H24N4O4/c1-32-19-10-8-17(9-11-19)21-16-20(26-28(21)18-6-3-2-4-7-18)24(31)25-14-5-15-27-22(29)12-13-23(27)30/h2-4,6-11,16H,5,12-15H2,1H3,(H,25,31). The molecule has 1 aliphatic rings. The maximum absolute atomic E-state index is 12.7. The van der Waals surface area contributed by atoms with Gasteiger partial charge < -0.3 is 10.1 Å². The van der Waals surface area contributed by atoms with Gasteiger partial charge in [0.2, 0.25) is 11.8 Å². The van der Waals surface area contributed by atoms with Crippen LogP contribution in [0.1, 0.15) is 29.8 Å². The van der Waals surface area contributed by atoms with Crippen molar-refractivity contribution in [1.29, 1.82) is 0 Å². The molecular weight excluding hydrogens is 408 g/mol. The number of likely N-dealkylation sites (tertiary alicyclic amines) is 1. The van der Waals surface area contributed by atoms with Crippen LogP contribution in [0.2, 0.25) is 0 Å². The molecule has 0 radical (unpaired) electrons. The molecule has 2 aromatic carbocycles. The molecule has 0 aliphatic carbocycles. The third kappa shape index (κ3) is 4.54. The molecule has 2 heterocycles. The fourth-order valence-corrected chi connectivity index (χ4v) is 3.63. The topological polar surface area (TPSA) is 93.5 Å². The van der Waals surface area contributed by atoms with E-state index in [9.17, 15) is 14.4 Å². The number of benzene rings is 2. The molecule has 8 heteroatoms. The second-order valence-corrected chi connectivity index (χ2v) is 7.44. The van der Waals surface area contributed by atoms with Gasteiger partial charge in [0.15, 0.2) is 5.69 Å². The van der Waals surface area contributed by atoms with E-state index < -0.39 is 0 Å². The normalized spacial score (nSPS) is 13.5. The van der Waals surface area contributed by atoms with Crippen LogP contribution in [0.4, 0.5) is 0 Å². The zero-order valence-corrected chi connectivity index (χ0v) is 17.8. The molecule has 164 valence electrons. The van der Waals surface area contributed by atoms with Crippen molar-refractivity contribution in [3.63, 3.8) is 0 Å². The number of aromatic nitrogens is 2. The molecule has 4 rings (SSSR count). The highest BCUT2D eigenvalue weighted by Crippen LogP contribution is 2.26. The van der Waals surface area contributed by atoms with Gasteiger partial charge in [-0.3, -0.25) is 19.3 Å². The predicted molar refractivity (Wildman–Crippen MR) is 118 cm³/mol. The molecule has 0 atom stereocenters. The summed E-state index contributed by atoms with van der Waals surface area (Å²) < 4.78 is 6.97. The fraction of sp³-hybridized carbons (Fsp3) is 0.250. The van der Waals surface area contributed by atoms with Gasteiger partial charge in [0.1, 0.15) is 5.75 Å². The quantitative estimate of drug-likeness (QED) is 0.436. The van der Waals surface area contributed by atoms with Crippen LogP contribution in [0.5, 0.6) is 5.75 Å². The van der Waals surface area contributed by atoms with Crippen molar-refractivity contribution in [1.82, 2.24) is 20.0 Å². The lowest BCUT2D eigenvalue weighted by Gasteiger charge is -2.13. The van der Waals surface area contributed by atoms with Gasteiger partial charge in [0.05, 0.1) is 18.5 Å². The zero-order valence-electron chi connectivity index (χ0n) is 17.8. The average molecular weight is 432 g/mol. The van der Waals surface area contributed by atoms with E-state index >= 15 is 0 Å². The Hall–Kier alpha value is -3.94. The Balaban J connectivity index is 1.49. The summed E-state index contributed by atoms with van der Waals surface area (Å²) in [6.07, 6.45) is 1.04. The smallest absolute Gasteiger partial charge is 0.271 e. The van der Waals surface area contributed by atoms with Crippen LogP contribution in [0, 0.1) is 0 Å². The molecule has 0 saturated carbocycles. The molecule has 3 amide bonds. The van der Waals surface area contributed by atoms with Gasteiger partial charge in [0.25, 0.3) is 5.91 Å². The molecule has 32 heavy (non-hydrogen) atoms. The fourth-order valence-electron chi connectivity index (χ4n) is 3.63. The Bertz CT molecular complexity index is 1110. The van der Waals surface area contributed by atoms with Crippen molar-refractivity contribution in [2.45, 2.75) is 19.3 Å². The monoisotopic (exact) mass is 432 g/mol. The predicted octanol–water partition coefficient (Wildman–Crippen LogP) is 2.82. The summed E-state index contributed by atoms with van der Waals surface area (Å²) in [6, 6.07) is 18.9. The Morgan fingerprint density at radius 3 is 2.38 bits per heavy atom. The van der Waals surface area contributed by atoms with Gasteiger partial charge in [-0.05, 0) is 48.9 Å². The Kier molecular flexibility index (Phi) is 6.30. The van der Waals surface area contributed by atoms with Gasteiger partial charge in [-0.25, -0.2) is 4.68 Å². The minimum absolute atomic E-state index is 0.146. The van der Waals surface area contributed by atoms with Gasteiger partial charge >= 0.3 is 0 Å². The number of ether oxygens (including phenoxy) is 1. The van der Waals surface area contributed by atoms with Crippen molar-refractivity contribution in [2.24, 2.45) is 0 Å². The third-order valence-corrected chi connectivity index (χ3v) is 5.33. The molecule has 0 unspecified atom stereocenters. The van der Waals surface area contributed by atoms with Crippen molar-refractivity contribution in [2.75, 3.05) is 20.2 Å². The van der Waals surface area contributed by atoms with Gasteiger partial charge in [-0.1, -0.05) is 18.2 Å². The minimum atomic E-state index is -0.312. The number of carbonyl (C=O) groups excluding carboxylic acids is 3. The first-order valence-electron chi connectivity index (χ1n) is 10.5. The SMILES string of the molecule is COc1ccc(-c2cc(C(=O)NCCCN3C(=O)CCC3=O)nn2-c2ccccc2)cc1. The average Bonchev–Trinajstić information content (AvgIpc) is 3.41. The van der Waals surface area contributed by atoms with E-state index in [0.29, 0.717) is 19.5 Å². The van der Waals surface area contributed by atoms with E-state index in [1.807, 2.05) is 54.6 Å². The molecule has 0 spiro atoms. The summed E-state index contributed by atoms with van der Waals surface area (Å²) in [6.45, 7) is 0.652. The Morgan fingerprint density at radius 1 is 1.03 bits per heavy atom. The summed E-state index contributed by atoms with van der Waals surface area (Å²) in [5.74, 6) is 0.139. The van der Waals surface area contributed by atoms with Crippen molar-refractivity contribution >= 4 is 17.7 Å². The molecular formula is C24H24N4O4. The van der Waals surface area contributed by atoms with E-state index in [1.165, 1.54) is 4.90 Å². The third-order valence-electron chi connectivity index (χ3n) is 5.33. The van der Waals surface area contributed by atoms with E-state index in [-0.39, 0.29) is 36.3 Å². The number of nitrogens with one attached hydrogen (secondary N) is 1. The highest BCUT2D eigenvalue weighted by atomic mass is 16.5. The molecule has 1 aliphatic heterocycles. The van der Waals surface area contributed by atoms with Crippen molar-refractivity contribution < 1.29 is 19.1 Å². The molecule has 1 N–H and O–H groups in total. The van der Waals surface area contributed by atoms with Crippen LogP contribution < -0.4 is 10.1 Å². The summed E-state index contributed by atoms with van der Waals surface area (Å²) in [4.78, 5) is 37.4. The lowest BCUT2D eigenvalue weighted by atomic mass is 10.1. The number of amides is 3. The second kappa shape index (κ2) is 9.47. The van der Waals surface area contributed by atoms with Gasteiger partial charge in [-0.2, -0.15) is 5.10 Å². The zero-order chi connectivity index (χ0) is 22.5. The van der Waals surface area contributed by atoms with Gasteiger partial charge in [-0.15, -0.1) is 0 Å². The first-order valence-corrected chi connectivity index (χ1v) is 10.5. The number of methoxy groups -OCH3 is 1. The van der Waals surface area contributed by atoms with Crippen LogP contribution in [0.25, 0.3) is 16.9 Å². The van der Waals surface area contributed by atoms with E-state index in [0.717, 1.165) is 22.7 Å². The summed E-state index contributed by atoms with van der Waals surface area (Å²) in [5, 5.41) is 7.36. The lowest BCUT2D eigenvalue weighted by Crippen LogP contribution is -2.33. The molecule has 1 saturated heterocycles. The maximum Gasteiger partial charge on any atom is 0.271 e. The first kappa shape index (κ1) is 21.3. The molecule has 1 aromatic heterocycles. The molecule has 0 bridgehead atoms.